The van der Waals surface area contributed by atoms with Gasteiger partial charge in [-0.2, -0.15) is 10.4 Å². The molecule has 0 amide bonds. The van der Waals surface area contributed by atoms with Crippen molar-refractivity contribution >= 4 is 17.0 Å². The van der Waals surface area contributed by atoms with Gasteiger partial charge in [-0.3, -0.25) is 9.80 Å². The van der Waals surface area contributed by atoms with Gasteiger partial charge in [-0.15, -0.1) is 0 Å². The van der Waals surface area contributed by atoms with Crippen molar-refractivity contribution in [3.63, 3.8) is 0 Å². The van der Waals surface area contributed by atoms with Crippen LogP contribution in [0.25, 0.3) is 16.6 Å². The summed E-state index contributed by atoms with van der Waals surface area (Å²) in [7, 11) is 4.16. The SMILES string of the molecule is CN(C)c1ccc(CN2C3CC2CN(c2ccc(-c4cc(OCCCN5CC6CC(C5)O6)cn5ncc(C#N)c45)cn2)C3)cc1. The first-order valence-corrected chi connectivity index (χ1v) is 16.2. The molecule has 10 nitrogen and oxygen atoms in total. The molecule has 0 N–H and O–H groups in total. The van der Waals surface area contributed by atoms with Gasteiger partial charge in [0, 0.05) is 94.9 Å². The third kappa shape index (κ3) is 5.50. The first-order valence-electron chi connectivity index (χ1n) is 16.2. The molecule has 6 saturated heterocycles. The van der Waals surface area contributed by atoms with Gasteiger partial charge in [-0.1, -0.05) is 12.1 Å². The maximum atomic E-state index is 9.80. The number of hydrogen-bond donors (Lipinski definition) is 0. The monoisotopic (exact) mass is 604 g/mol. The zero-order valence-corrected chi connectivity index (χ0v) is 26.0. The highest BCUT2D eigenvalue weighted by molar-refractivity contribution is 5.85. The number of morpholine rings is 1. The van der Waals surface area contributed by atoms with Gasteiger partial charge in [0.1, 0.15) is 17.6 Å². The minimum absolute atomic E-state index is 0.427. The molecule has 45 heavy (non-hydrogen) atoms. The molecule has 232 valence electrons. The summed E-state index contributed by atoms with van der Waals surface area (Å²) in [5.74, 6) is 1.74. The van der Waals surface area contributed by atoms with Crippen molar-refractivity contribution < 1.29 is 9.47 Å². The molecule has 10 heteroatoms. The number of hydrogen-bond acceptors (Lipinski definition) is 9. The first kappa shape index (κ1) is 28.3. The fraction of sp³-hybridized carbons (Fsp3) is 0.457. The molecule has 0 saturated carbocycles. The summed E-state index contributed by atoms with van der Waals surface area (Å²) in [4.78, 5) is 14.6. The van der Waals surface area contributed by atoms with Crippen LogP contribution in [0.4, 0.5) is 11.5 Å². The van der Waals surface area contributed by atoms with Crippen molar-refractivity contribution in [1.82, 2.24) is 24.4 Å². The number of fused-ring (bicyclic) bond motifs is 5. The van der Waals surface area contributed by atoms with E-state index in [-0.39, 0.29) is 0 Å². The summed E-state index contributed by atoms with van der Waals surface area (Å²) >= 11 is 0. The predicted octanol–water partition coefficient (Wildman–Crippen LogP) is 4.04. The number of aromatic nitrogens is 3. The normalized spacial score (nSPS) is 24.2. The summed E-state index contributed by atoms with van der Waals surface area (Å²) in [6.07, 6.45) is 9.68. The van der Waals surface area contributed by atoms with Gasteiger partial charge in [-0.25, -0.2) is 9.50 Å². The number of piperidine rings is 2. The van der Waals surface area contributed by atoms with Gasteiger partial charge in [0.05, 0.1) is 42.3 Å². The Balaban J connectivity index is 0.929. The summed E-state index contributed by atoms with van der Waals surface area (Å²) in [6.45, 7) is 6.66. The van der Waals surface area contributed by atoms with Crippen LogP contribution in [0.5, 0.6) is 5.75 Å². The van der Waals surface area contributed by atoms with Crippen LogP contribution in [0.1, 0.15) is 30.4 Å². The number of benzene rings is 1. The molecule has 4 unspecified atom stereocenters. The molecule has 3 aromatic heterocycles. The average Bonchev–Trinajstić information content (AvgIpc) is 3.48. The topological polar surface area (TPSA) is 85.4 Å². The maximum Gasteiger partial charge on any atom is 0.138 e. The predicted molar refractivity (Wildman–Crippen MR) is 174 cm³/mol. The molecule has 4 atom stereocenters. The third-order valence-corrected chi connectivity index (χ3v) is 9.97. The molecule has 6 fully saturated rings. The number of pyridine rings is 2. The van der Waals surface area contributed by atoms with Crippen molar-refractivity contribution in [2.45, 2.75) is 50.1 Å². The maximum absolute atomic E-state index is 9.80. The van der Waals surface area contributed by atoms with E-state index in [1.807, 2.05) is 18.5 Å². The van der Waals surface area contributed by atoms with E-state index in [9.17, 15) is 5.26 Å². The van der Waals surface area contributed by atoms with E-state index in [0.717, 1.165) is 73.9 Å². The van der Waals surface area contributed by atoms with E-state index in [2.05, 4.69) is 81.3 Å². The van der Waals surface area contributed by atoms with Gasteiger partial charge in [-0.05, 0) is 48.7 Å². The summed E-state index contributed by atoms with van der Waals surface area (Å²) in [5.41, 5.74) is 5.77. The van der Waals surface area contributed by atoms with Crippen LogP contribution in [-0.4, -0.2) is 102 Å². The minimum Gasteiger partial charge on any atom is -0.492 e. The van der Waals surface area contributed by atoms with Crippen molar-refractivity contribution in [2.75, 3.05) is 63.2 Å². The van der Waals surface area contributed by atoms with Gasteiger partial charge >= 0.3 is 0 Å². The minimum atomic E-state index is 0.427. The lowest BCUT2D eigenvalue weighted by Gasteiger charge is -2.56. The van der Waals surface area contributed by atoms with Gasteiger partial charge in [0.25, 0.3) is 0 Å². The Morgan fingerprint density at radius 2 is 1.78 bits per heavy atom. The van der Waals surface area contributed by atoms with E-state index < -0.39 is 0 Å². The van der Waals surface area contributed by atoms with Crippen LogP contribution in [0.3, 0.4) is 0 Å². The molecule has 9 heterocycles. The number of piperazine rings is 1. The smallest absolute Gasteiger partial charge is 0.138 e. The highest BCUT2D eigenvalue weighted by Crippen LogP contribution is 2.37. The van der Waals surface area contributed by atoms with E-state index in [4.69, 9.17) is 14.5 Å². The number of anilines is 2. The zero-order valence-electron chi connectivity index (χ0n) is 26.0. The molecule has 6 aliphatic rings. The Labute approximate surface area is 264 Å². The van der Waals surface area contributed by atoms with Gasteiger partial charge in [0.2, 0.25) is 0 Å². The lowest BCUT2D eigenvalue weighted by Crippen LogP contribution is -2.68. The molecule has 0 spiro atoms. The van der Waals surface area contributed by atoms with Gasteiger partial charge < -0.3 is 19.3 Å². The average molecular weight is 605 g/mol. The number of rotatable bonds is 10. The molecule has 0 aliphatic carbocycles. The fourth-order valence-electron chi connectivity index (χ4n) is 7.55. The van der Waals surface area contributed by atoms with Crippen molar-refractivity contribution in [2.24, 2.45) is 0 Å². The Morgan fingerprint density at radius 1 is 1.00 bits per heavy atom. The zero-order chi connectivity index (χ0) is 30.5. The number of nitrogens with zero attached hydrogens (tertiary/aromatic N) is 8. The first-order chi connectivity index (χ1) is 22.0. The van der Waals surface area contributed by atoms with Crippen LogP contribution in [0.15, 0.2) is 61.1 Å². The standard InChI is InChI=1S/C35H40N8O2/c1-39(2)27-7-4-24(5-8-27)18-42-28-12-29(42)20-41(19-28)34-9-6-25(16-37-34)33-14-30(23-43-35(33)26(15-36)17-38-43)44-11-3-10-40-21-31-13-32(22-40)45-31/h4-9,14,16-17,23,28-29,31-32H,3,10-13,18-22H2,1-2H3. The van der Waals surface area contributed by atoms with Crippen LogP contribution in [-0.2, 0) is 11.3 Å². The summed E-state index contributed by atoms with van der Waals surface area (Å²) < 4.78 is 13.7. The lowest BCUT2D eigenvalue weighted by atomic mass is 9.86. The lowest BCUT2D eigenvalue weighted by molar-refractivity contribution is -0.180. The number of ether oxygens (including phenoxy) is 2. The molecule has 1 aromatic carbocycles. The molecular formula is C35H40N8O2. The summed E-state index contributed by atoms with van der Waals surface area (Å²) in [5, 5.41) is 14.3. The quantitative estimate of drug-likeness (QED) is 0.249. The second-order valence-electron chi connectivity index (χ2n) is 13.2. The highest BCUT2D eigenvalue weighted by atomic mass is 16.5. The van der Waals surface area contributed by atoms with Crippen LogP contribution >= 0.6 is 0 Å². The van der Waals surface area contributed by atoms with Crippen molar-refractivity contribution in [1.29, 1.82) is 5.26 Å². The molecule has 4 bridgehead atoms. The van der Waals surface area contributed by atoms with E-state index in [1.54, 1.807) is 10.7 Å². The Morgan fingerprint density at radius 3 is 2.47 bits per heavy atom. The Kier molecular flexibility index (Phi) is 7.32. The third-order valence-electron chi connectivity index (χ3n) is 9.97. The van der Waals surface area contributed by atoms with Crippen molar-refractivity contribution in [3.05, 3.63) is 72.2 Å². The second-order valence-corrected chi connectivity index (χ2v) is 13.2. The van der Waals surface area contributed by atoms with E-state index in [0.29, 0.717) is 36.5 Å². The molecule has 4 aromatic rings. The number of nitriles is 1. The molecule has 10 rings (SSSR count). The van der Waals surface area contributed by atoms with Crippen LogP contribution in [0.2, 0.25) is 0 Å². The Bertz CT molecular complexity index is 1680. The molecule has 0 radical (unpaired) electrons. The van der Waals surface area contributed by atoms with Gasteiger partial charge in [0.15, 0.2) is 0 Å². The largest absolute Gasteiger partial charge is 0.492 e. The van der Waals surface area contributed by atoms with Crippen molar-refractivity contribution in [3.8, 4) is 22.9 Å². The summed E-state index contributed by atoms with van der Waals surface area (Å²) in [6, 6.07) is 18.6. The van der Waals surface area contributed by atoms with E-state index in [1.165, 1.54) is 24.1 Å². The van der Waals surface area contributed by atoms with E-state index >= 15 is 0 Å². The fourth-order valence-corrected chi connectivity index (χ4v) is 7.55. The highest BCUT2D eigenvalue weighted by Gasteiger charge is 2.44. The van der Waals surface area contributed by atoms with Crippen LogP contribution in [0, 0.1) is 11.3 Å². The second kappa shape index (κ2) is 11.6. The molecular weight excluding hydrogens is 564 g/mol. The molecule has 6 aliphatic heterocycles. The van der Waals surface area contributed by atoms with Crippen LogP contribution < -0.4 is 14.5 Å². The Hall–Kier alpha value is -4.17.